The fourth-order valence-electron chi connectivity index (χ4n) is 1.72. The number of nitro groups is 2. The van der Waals surface area contributed by atoms with Gasteiger partial charge in [-0.3, -0.25) is 25.0 Å². The molecule has 0 aliphatic carbocycles. The highest BCUT2D eigenvalue weighted by molar-refractivity contribution is 7.12. The average molecular weight is 364 g/mol. The Hall–Kier alpha value is -3.34. The molecule has 0 atom stereocenters. The first-order chi connectivity index (χ1) is 11.9. The molecule has 0 radical (unpaired) electrons. The predicted octanol–water partition coefficient (Wildman–Crippen LogP) is 2.48. The quantitative estimate of drug-likeness (QED) is 0.455. The van der Waals surface area contributed by atoms with Gasteiger partial charge in [0.15, 0.2) is 12.4 Å². The molecule has 1 aromatic carbocycles. The molecule has 1 amide bonds. The fraction of sp³-hybridized carbons (Fsp3) is 0.143. The van der Waals surface area contributed by atoms with E-state index in [1.54, 1.807) is 13.0 Å². The van der Waals surface area contributed by atoms with Crippen LogP contribution < -0.4 is 10.2 Å². The Kier molecular flexibility index (Phi) is 5.74. The van der Waals surface area contributed by atoms with Gasteiger partial charge >= 0.3 is 5.69 Å². The third-order valence-corrected chi connectivity index (χ3v) is 3.95. The highest BCUT2D eigenvalue weighted by Crippen LogP contribution is 2.25. The molecule has 0 bridgehead atoms. The lowest BCUT2D eigenvalue weighted by Crippen LogP contribution is -2.25. The number of carbonyl (C=O) groups is 1. The zero-order valence-corrected chi connectivity index (χ0v) is 13.7. The van der Waals surface area contributed by atoms with E-state index in [4.69, 9.17) is 4.74 Å². The molecule has 0 unspecified atom stereocenters. The van der Waals surface area contributed by atoms with Gasteiger partial charge in [0.05, 0.1) is 25.8 Å². The Labute approximate surface area is 145 Å². The second-order valence-electron chi connectivity index (χ2n) is 4.67. The number of hydrogen-bond donors (Lipinski definition) is 1. The van der Waals surface area contributed by atoms with Crippen molar-refractivity contribution in [2.75, 3.05) is 6.61 Å². The molecule has 0 aliphatic heterocycles. The molecular formula is C14H12N4O6S. The Balaban J connectivity index is 1.94. The van der Waals surface area contributed by atoms with Gasteiger partial charge in [0.25, 0.3) is 11.6 Å². The zero-order valence-electron chi connectivity index (χ0n) is 12.9. The van der Waals surface area contributed by atoms with Crippen LogP contribution in [0, 0.1) is 20.2 Å². The first-order valence-electron chi connectivity index (χ1n) is 6.81. The van der Waals surface area contributed by atoms with Gasteiger partial charge in [0.1, 0.15) is 0 Å². The summed E-state index contributed by atoms with van der Waals surface area (Å²) < 4.78 is 5.12. The van der Waals surface area contributed by atoms with Crippen LogP contribution >= 0.6 is 11.3 Å². The number of nitro benzene ring substituents is 1. The maximum Gasteiger partial charge on any atom is 0.310 e. The average Bonchev–Trinajstić information content (AvgIpc) is 3.08. The maximum absolute atomic E-state index is 11.7. The number of nitrogens with one attached hydrogen (secondary N) is 1. The molecule has 0 spiro atoms. The minimum absolute atomic E-state index is 0.0303. The van der Waals surface area contributed by atoms with Gasteiger partial charge in [-0.25, -0.2) is 5.43 Å². The topological polar surface area (TPSA) is 137 Å². The summed E-state index contributed by atoms with van der Waals surface area (Å²) in [5.41, 5.74) is 2.31. The lowest BCUT2D eigenvalue weighted by Gasteiger charge is -2.05. The van der Waals surface area contributed by atoms with E-state index in [0.717, 1.165) is 11.3 Å². The van der Waals surface area contributed by atoms with Gasteiger partial charge < -0.3 is 4.74 Å². The molecule has 0 fully saturated rings. The molecule has 10 nitrogen and oxygen atoms in total. The van der Waals surface area contributed by atoms with E-state index in [2.05, 4.69) is 10.5 Å². The normalized spacial score (nSPS) is 11.0. The number of rotatable bonds is 7. The second kappa shape index (κ2) is 7.97. The van der Waals surface area contributed by atoms with Crippen molar-refractivity contribution in [3.63, 3.8) is 0 Å². The van der Waals surface area contributed by atoms with E-state index >= 15 is 0 Å². The Morgan fingerprint density at radius 1 is 1.28 bits per heavy atom. The van der Waals surface area contributed by atoms with Gasteiger partial charge in [-0.15, -0.1) is 11.3 Å². The molecular weight excluding hydrogens is 352 g/mol. The van der Waals surface area contributed by atoms with E-state index < -0.39 is 22.4 Å². The Morgan fingerprint density at radius 3 is 2.64 bits per heavy atom. The minimum atomic E-state index is -0.622. The smallest absolute Gasteiger partial charge is 0.310 e. The maximum atomic E-state index is 11.7. The highest BCUT2D eigenvalue weighted by atomic mass is 32.1. The summed E-state index contributed by atoms with van der Waals surface area (Å²) in [4.78, 5) is 32.6. The van der Waals surface area contributed by atoms with Crippen molar-refractivity contribution in [2.24, 2.45) is 5.10 Å². The standard InChI is InChI=1S/C14H12N4O6S/c1-9(13-6-10(8-25-13)17(20)21)15-16-14(19)7-24-12-5-3-2-4-11(12)18(22)23/h2-6,8H,7H2,1H3,(H,16,19)/b15-9-. The third-order valence-electron chi connectivity index (χ3n) is 2.92. The highest BCUT2D eigenvalue weighted by Gasteiger charge is 2.15. The van der Waals surface area contributed by atoms with E-state index in [0.29, 0.717) is 10.6 Å². The minimum Gasteiger partial charge on any atom is -0.477 e. The van der Waals surface area contributed by atoms with Crippen LogP contribution in [0.4, 0.5) is 11.4 Å². The van der Waals surface area contributed by atoms with E-state index in [9.17, 15) is 25.0 Å². The monoisotopic (exact) mass is 364 g/mol. The van der Waals surface area contributed by atoms with Crippen LogP contribution in [0.3, 0.4) is 0 Å². The molecule has 2 rings (SSSR count). The molecule has 25 heavy (non-hydrogen) atoms. The van der Waals surface area contributed by atoms with Crippen molar-refractivity contribution in [2.45, 2.75) is 6.92 Å². The molecule has 1 N–H and O–H groups in total. The van der Waals surface area contributed by atoms with Gasteiger partial charge in [0.2, 0.25) is 0 Å². The third kappa shape index (κ3) is 4.81. The molecule has 0 saturated carbocycles. The summed E-state index contributed by atoms with van der Waals surface area (Å²) in [6.45, 7) is 1.12. The summed E-state index contributed by atoms with van der Waals surface area (Å²) in [6.07, 6.45) is 0. The van der Waals surface area contributed by atoms with Gasteiger partial charge in [-0.2, -0.15) is 5.10 Å². The largest absolute Gasteiger partial charge is 0.477 e. The van der Waals surface area contributed by atoms with Crippen LogP contribution in [-0.4, -0.2) is 28.1 Å². The molecule has 0 saturated heterocycles. The Bertz CT molecular complexity index is 847. The first-order valence-corrected chi connectivity index (χ1v) is 7.69. The van der Waals surface area contributed by atoms with Crippen molar-refractivity contribution in [3.05, 3.63) is 60.8 Å². The molecule has 11 heteroatoms. The Morgan fingerprint density at radius 2 is 2.00 bits per heavy atom. The number of para-hydroxylation sites is 2. The number of benzene rings is 1. The lowest BCUT2D eigenvalue weighted by molar-refractivity contribution is -0.385. The number of hydrogen-bond acceptors (Lipinski definition) is 8. The van der Waals surface area contributed by atoms with Crippen LogP contribution in [0.1, 0.15) is 11.8 Å². The van der Waals surface area contributed by atoms with Gasteiger partial charge in [-0.05, 0) is 13.0 Å². The number of thiophene rings is 1. The lowest BCUT2D eigenvalue weighted by atomic mass is 10.3. The van der Waals surface area contributed by atoms with Crippen LogP contribution in [-0.2, 0) is 4.79 Å². The molecule has 1 heterocycles. The molecule has 0 aliphatic rings. The van der Waals surface area contributed by atoms with Crippen molar-refractivity contribution in [3.8, 4) is 5.75 Å². The molecule has 130 valence electrons. The first kappa shape index (κ1) is 18.0. The number of hydrazone groups is 1. The van der Waals surface area contributed by atoms with Crippen molar-refractivity contribution in [1.82, 2.24) is 5.43 Å². The van der Waals surface area contributed by atoms with E-state index in [1.807, 2.05) is 0 Å². The number of carbonyl (C=O) groups excluding carboxylic acids is 1. The summed E-state index contributed by atoms with van der Waals surface area (Å²) >= 11 is 1.12. The fourth-order valence-corrected chi connectivity index (χ4v) is 2.53. The number of nitrogens with zero attached hydrogens (tertiary/aromatic N) is 3. The molecule has 2 aromatic rings. The van der Waals surface area contributed by atoms with Crippen LogP contribution in [0.5, 0.6) is 5.75 Å². The van der Waals surface area contributed by atoms with Crippen molar-refractivity contribution in [1.29, 1.82) is 0 Å². The van der Waals surface area contributed by atoms with E-state index in [1.165, 1.54) is 29.6 Å². The van der Waals surface area contributed by atoms with Gasteiger partial charge in [-0.1, -0.05) is 12.1 Å². The molecule has 1 aromatic heterocycles. The summed E-state index contributed by atoms with van der Waals surface area (Å²) in [5, 5.41) is 26.7. The SMILES string of the molecule is C/C(=N/NC(=O)COc1ccccc1[N+](=O)[O-])c1cc([N+](=O)[O-])cs1. The van der Waals surface area contributed by atoms with Crippen LogP contribution in [0.25, 0.3) is 0 Å². The summed E-state index contributed by atoms with van der Waals surface area (Å²) in [5.74, 6) is -0.652. The number of amides is 1. The van der Waals surface area contributed by atoms with Gasteiger partial charge in [0, 0.05) is 12.1 Å². The second-order valence-corrected chi connectivity index (χ2v) is 5.58. The predicted molar refractivity (Wildman–Crippen MR) is 89.9 cm³/mol. The van der Waals surface area contributed by atoms with E-state index in [-0.39, 0.29) is 17.1 Å². The van der Waals surface area contributed by atoms with Crippen molar-refractivity contribution < 1.29 is 19.4 Å². The van der Waals surface area contributed by atoms with Crippen molar-refractivity contribution >= 4 is 34.3 Å². The summed E-state index contributed by atoms with van der Waals surface area (Å²) in [6, 6.07) is 7.02. The number of ether oxygens (including phenoxy) is 1. The zero-order chi connectivity index (χ0) is 18.4. The van der Waals surface area contributed by atoms with Crippen LogP contribution in [0.2, 0.25) is 0 Å². The van der Waals surface area contributed by atoms with Crippen LogP contribution in [0.15, 0.2) is 40.8 Å². The summed E-state index contributed by atoms with van der Waals surface area (Å²) in [7, 11) is 0.